The Morgan fingerprint density at radius 2 is 1.89 bits per heavy atom. The van der Waals surface area contributed by atoms with Gasteiger partial charge in [-0.2, -0.15) is 0 Å². The lowest BCUT2D eigenvalue weighted by Gasteiger charge is -2.30. The van der Waals surface area contributed by atoms with Crippen LogP contribution >= 0.6 is 11.3 Å². The average Bonchev–Trinajstić information content (AvgIpc) is 3.32. The van der Waals surface area contributed by atoms with Crippen molar-refractivity contribution in [2.75, 3.05) is 46.5 Å². The van der Waals surface area contributed by atoms with Crippen LogP contribution in [-0.2, 0) is 17.9 Å². The van der Waals surface area contributed by atoms with Gasteiger partial charge >= 0.3 is 0 Å². The van der Waals surface area contributed by atoms with E-state index in [1.54, 1.807) is 24.5 Å². The molecule has 1 aliphatic rings. The topological polar surface area (TPSA) is 64.1 Å². The Morgan fingerprint density at radius 3 is 2.63 bits per heavy atom. The molecule has 2 aromatic carbocycles. The summed E-state index contributed by atoms with van der Waals surface area (Å²) in [7, 11) is 1.61. The summed E-state index contributed by atoms with van der Waals surface area (Å²) in [5.41, 5.74) is 3.82. The van der Waals surface area contributed by atoms with Gasteiger partial charge in [0, 0.05) is 37.1 Å². The van der Waals surface area contributed by atoms with E-state index in [1.165, 1.54) is 11.1 Å². The lowest BCUT2D eigenvalue weighted by molar-refractivity contribution is 0.0319. The number of amides is 1. The van der Waals surface area contributed by atoms with Crippen LogP contribution in [0.1, 0.15) is 32.2 Å². The maximum Gasteiger partial charge on any atom is 0.254 e. The number of benzene rings is 2. The summed E-state index contributed by atoms with van der Waals surface area (Å²) < 4.78 is 16.8. The fourth-order valence-electron chi connectivity index (χ4n) is 4.12. The monoisotopic (exact) mass is 495 g/mol. The summed E-state index contributed by atoms with van der Waals surface area (Å²) in [6, 6.07) is 13.5. The van der Waals surface area contributed by atoms with Crippen LogP contribution in [0.5, 0.6) is 11.5 Å². The molecule has 0 aliphatic carbocycles. The van der Waals surface area contributed by atoms with Crippen LogP contribution in [0.4, 0.5) is 0 Å². The molecule has 4 rings (SSSR count). The number of morpholine rings is 1. The fraction of sp³-hybridized carbons (Fsp3) is 0.407. The summed E-state index contributed by atoms with van der Waals surface area (Å²) in [6.07, 6.45) is 0. The highest BCUT2D eigenvalue weighted by Crippen LogP contribution is 2.21. The van der Waals surface area contributed by atoms with Gasteiger partial charge in [0.1, 0.15) is 23.1 Å². The van der Waals surface area contributed by atoms with E-state index in [-0.39, 0.29) is 5.91 Å². The zero-order valence-corrected chi connectivity index (χ0v) is 21.5. The first-order valence-corrected chi connectivity index (χ1v) is 12.8. The minimum Gasteiger partial charge on any atom is -0.497 e. The number of nitrogens with zero attached hydrogens (tertiary/aromatic N) is 3. The van der Waals surface area contributed by atoms with Gasteiger partial charge in [0.2, 0.25) is 0 Å². The van der Waals surface area contributed by atoms with Crippen LogP contribution in [0.2, 0.25) is 0 Å². The molecule has 186 valence electrons. The molecule has 0 atom stereocenters. The SMILES string of the molecule is COc1cccc(C(=O)N(CCN2CCOCC2)Cc2csc(COc3cc(C)cc(C)c3)n2)c1. The maximum atomic E-state index is 13.4. The molecular weight excluding hydrogens is 462 g/mol. The number of methoxy groups -OCH3 is 1. The summed E-state index contributed by atoms with van der Waals surface area (Å²) in [5.74, 6) is 1.49. The van der Waals surface area contributed by atoms with E-state index >= 15 is 0 Å². The van der Waals surface area contributed by atoms with Gasteiger partial charge in [0.05, 0.1) is 32.6 Å². The molecule has 0 radical (unpaired) electrons. The van der Waals surface area contributed by atoms with Crippen molar-refractivity contribution in [3.05, 3.63) is 75.2 Å². The first-order chi connectivity index (χ1) is 17.0. The maximum absolute atomic E-state index is 13.4. The summed E-state index contributed by atoms with van der Waals surface area (Å²) in [6.45, 7) is 9.63. The number of hydrogen-bond donors (Lipinski definition) is 0. The number of ether oxygens (including phenoxy) is 3. The van der Waals surface area contributed by atoms with Gasteiger partial charge in [0.15, 0.2) is 0 Å². The normalized spacial score (nSPS) is 14.0. The van der Waals surface area contributed by atoms with Gasteiger partial charge in [-0.1, -0.05) is 12.1 Å². The second-order valence-corrected chi connectivity index (χ2v) is 9.70. The number of aryl methyl sites for hydroxylation is 2. The summed E-state index contributed by atoms with van der Waals surface area (Å²) in [5, 5.41) is 2.90. The Hall–Kier alpha value is -2.94. The van der Waals surface area contributed by atoms with E-state index in [2.05, 4.69) is 24.8 Å². The van der Waals surface area contributed by atoms with Crippen molar-refractivity contribution in [1.82, 2.24) is 14.8 Å². The number of aromatic nitrogens is 1. The zero-order valence-electron chi connectivity index (χ0n) is 20.7. The Morgan fingerprint density at radius 1 is 1.11 bits per heavy atom. The van der Waals surface area contributed by atoms with Gasteiger partial charge in [0.25, 0.3) is 5.91 Å². The Balaban J connectivity index is 1.43. The van der Waals surface area contributed by atoms with Crippen molar-refractivity contribution >= 4 is 17.2 Å². The Bertz CT molecular complexity index is 1110. The highest BCUT2D eigenvalue weighted by Gasteiger charge is 2.20. The predicted octanol–water partition coefficient (Wildman–Crippen LogP) is 4.32. The van der Waals surface area contributed by atoms with Gasteiger partial charge < -0.3 is 19.1 Å². The third-order valence-corrected chi connectivity index (χ3v) is 6.77. The molecule has 8 heteroatoms. The lowest BCUT2D eigenvalue weighted by atomic mass is 10.1. The van der Waals surface area contributed by atoms with E-state index in [9.17, 15) is 4.79 Å². The van der Waals surface area contributed by atoms with E-state index in [0.717, 1.165) is 49.3 Å². The average molecular weight is 496 g/mol. The number of carbonyl (C=O) groups excluding carboxylic acids is 1. The van der Waals surface area contributed by atoms with E-state index < -0.39 is 0 Å². The molecule has 1 aromatic heterocycles. The third-order valence-electron chi connectivity index (χ3n) is 5.90. The van der Waals surface area contributed by atoms with Crippen molar-refractivity contribution in [3.63, 3.8) is 0 Å². The molecular formula is C27H33N3O4S. The molecule has 1 amide bonds. The third kappa shape index (κ3) is 7.27. The number of carbonyl (C=O) groups is 1. The van der Waals surface area contributed by atoms with Crippen molar-refractivity contribution in [2.45, 2.75) is 27.0 Å². The predicted molar refractivity (Wildman–Crippen MR) is 137 cm³/mol. The first kappa shape index (κ1) is 25.2. The molecule has 0 N–H and O–H groups in total. The number of hydrogen-bond acceptors (Lipinski definition) is 7. The quantitative estimate of drug-likeness (QED) is 0.417. The first-order valence-electron chi connectivity index (χ1n) is 11.9. The Kier molecular flexibility index (Phi) is 8.74. The standard InChI is InChI=1S/C27H33N3O4S/c1-20-13-21(2)15-25(14-20)34-18-26-28-23(19-35-26)17-30(8-7-29-9-11-33-12-10-29)27(31)22-5-4-6-24(16-22)32-3/h4-6,13-16,19H,7-12,17-18H2,1-3H3. The number of rotatable bonds is 10. The summed E-state index contributed by atoms with van der Waals surface area (Å²) >= 11 is 1.56. The number of thiazole rings is 1. The minimum atomic E-state index is -0.0294. The van der Waals surface area contributed by atoms with Crippen molar-refractivity contribution in [2.24, 2.45) is 0 Å². The fourth-order valence-corrected chi connectivity index (χ4v) is 4.82. The highest BCUT2D eigenvalue weighted by molar-refractivity contribution is 7.09. The van der Waals surface area contributed by atoms with Crippen LogP contribution in [-0.4, -0.2) is 67.2 Å². The van der Waals surface area contributed by atoms with Crippen LogP contribution in [0.15, 0.2) is 47.8 Å². The molecule has 1 saturated heterocycles. The molecule has 3 aromatic rings. The van der Waals surface area contributed by atoms with Gasteiger partial charge in [-0.15, -0.1) is 11.3 Å². The lowest BCUT2D eigenvalue weighted by Crippen LogP contribution is -2.43. The van der Waals surface area contributed by atoms with Crippen molar-refractivity contribution in [1.29, 1.82) is 0 Å². The largest absolute Gasteiger partial charge is 0.497 e. The smallest absolute Gasteiger partial charge is 0.254 e. The second kappa shape index (κ2) is 12.2. The van der Waals surface area contributed by atoms with Crippen molar-refractivity contribution in [3.8, 4) is 11.5 Å². The second-order valence-electron chi connectivity index (χ2n) is 8.76. The Labute approximate surface area is 211 Å². The molecule has 0 bridgehead atoms. The van der Waals surface area contributed by atoms with E-state index in [4.69, 9.17) is 19.2 Å². The molecule has 1 fully saturated rings. The summed E-state index contributed by atoms with van der Waals surface area (Å²) in [4.78, 5) is 22.4. The molecule has 0 unspecified atom stereocenters. The van der Waals surface area contributed by atoms with E-state index in [1.807, 2.05) is 40.6 Å². The highest BCUT2D eigenvalue weighted by atomic mass is 32.1. The van der Waals surface area contributed by atoms with Crippen LogP contribution in [0, 0.1) is 13.8 Å². The van der Waals surface area contributed by atoms with Crippen LogP contribution in [0.25, 0.3) is 0 Å². The van der Waals surface area contributed by atoms with Gasteiger partial charge in [-0.05, 0) is 55.3 Å². The molecule has 1 aliphatic heterocycles. The zero-order chi connectivity index (χ0) is 24.6. The molecule has 0 spiro atoms. The van der Waals surface area contributed by atoms with Gasteiger partial charge in [-0.3, -0.25) is 9.69 Å². The van der Waals surface area contributed by atoms with Gasteiger partial charge in [-0.25, -0.2) is 4.98 Å². The minimum absolute atomic E-state index is 0.0294. The molecule has 7 nitrogen and oxygen atoms in total. The molecule has 2 heterocycles. The molecule has 35 heavy (non-hydrogen) atoms. The van der Waals surface area contributed by atoms with Crippen molar-refractivity contribution < 1.29 is 19.0 Å². The molecule has 0 saturated carbocycles. The van der Waals surface area contributed by atoms with Crippen LogP contribution in [0.3, 0.4) is 0 Å². The van der Waals surface area contributed by atoms with Crippen LogP contribution < -0.4 is 9.47 Å². The van der Waals surface area contributed by atoms with E-state index in [0.29, 0.717) is 31.0 Å².